The van der Waals surface area contributed by atoms with Crippen LogP contribution in [0.5, 0.6) is 5.75 Å². The van der Waals surface area contributed by atoms with Crippen LogP contribution in [0, 0.1) is 0 Å². The monoisotopic (exact) mass is 275 g/mol. The van der Waals surface area contributed by atoms with Gasteiger partial charge in [0.15, 0.2) is 5.76 Å². The molecule has 6 nitrogen and oxygen atoms in total. The SMILES string of the molecule is COc1cccc(N(C)C(=O)c2cc(C(=O)O)co2)c1. The van der Waals surface area contributed by atoms with Gasteiger partial charge in [0, 0.05) is 24.9 Å². The van der Waals surface area contributed by atoms with E-state index in [0.717, 1.165) is 6.26 Å². The van der Waals surface area contributed by atoms with Crippen molar-refractivity contribution in [2.75, 3.05) is 19.1 Å². The van der Waals surface area contributed by atoms with E-state index in [1.807, 2.05) is 0 Å². The van der Waals surface area contributed by atoms with Crippen LogP contribution in [0.1, 0.15) is 20.9 Å². The average molecular weight is 275 g/mol. The summed E-state index contributed by atoms with van der Waals surface area (Å²) in [4.78, 5) is 24.3. The van der Waals surface area contributed by atoms with Crippen LogP contribution in [0.25, 0.3) is 0 Å². The van der Waals surface area contributed by atoms with Crippen molar-refractivity contribution in [1.29, 1.82) is 0 Å². The molecule has 0 aliphatic rings. The number of amides is 1. The van der Waals surface area contributed by atoms with E-state index in [1.165, 1.54) is 18.1 Å². The van der Waals surface area contributed by atoms with Crippen molar-refractivity contribution in [2.45, 2.75) is 0 Å². The van der Waals surface area contributed by atoms with Crippen molar-refractivity contribution < 1.29 is 23.8 Å². The van der Waals surface area contributed by atoms with E-state index in [1.54, 1.807) is 31.3 Å². The average Bonchev–Trinajstić information content (AvgIpc) is 2.95. The number of ether oxygens (including phenoxy) is 1. The molecule has 1 amide bonds. The summed E-state index contributed by atoms with van der Waals surface area (Å²) in [7, 11) is 3.10. The number of benzene rings is 1. The van der Waals surface area contributed by atoms with Gasteiger partial charge in [0.1, 0.15) is 12.0 Å². The Kier molecular flexibility index (Phi) is 3.74. The number of rotatable bonds is 4. The van der Waals surface area contributed by atoms with Crippen molar-refractivity contribution in [2.24, 2.45) is 0 Å². The van der Waals surface area contributed by atoms with Crippen molar-refractivity contribution in [3.63, 3.8) is 0 Å². The third kappa shape index (κ3) is 2.64. The third-order valence-corrected chi connectivity index (χ3v) is 2.80. The molecule has 0 bridgehead atoms. The lowest BCUT2D eigenvalue weighted by atomic mass is 10.2. The number of anilines is 1. The van der Waals surface area contributed by atoms with Crippen LogP contribution in [0.15, 0.2) is 41.0 Å². The summed E-state index contributed by atoms with van der Waals surface area (Å²) in [6.07, 6.45) is 1.04. The number of aromatic carboxylic acids is 1. The van der Waals surface area contributed by atoms with Crippen LogP contribution in [-0.4, -0.2) is 31.1 Å². The maximum Gasteiger partial charge on any atom is 0.338 e. The molecule has 6 heteroatoms. The topological polar surface area (TPSA) is 80.0 Å². The molecule has 0 unspecified atom stereocenters. The maximum absolute atomic E-state index is 12.2. The molecule has 1 aromatic carbocycles. The van der Waals surface area contributed by atoms with Crippen LogP contribution in [-0.2, 0) is 0 Å². The normalized spacial score (nSPS) is 10.1. The van der Waals surface area contributed by atoms with Crippen molar-refractivity contribution in [3.05, 3.63) is 47.9 Å². The first-order chi connectivity index (χ1) is 9.52. The number of methoxy groups -OCH3 is 1. The highest BCUT2D eigenvalue weighted by Gasteiger charge is 2.19. The van der Waals surface area contributed by atoms with Gasteiger partial charge in [0.2, 0.25) is 0 Å². The zero-order valence-electron chi connectivity index (χ0n) is 11.0. The van der Waals surface area contributed by atoms with Crippen molar-refractivity contribution in [1.82, 2.24) is 0 Å². The quantitative estimate of drug-likeness (QED) is 0.925. The summed E-state index contributed by atoms with van der Waals surface area (Å²) in [6.45, 7) is 0. The second-order valence-corrected chi connectivity index (χ2v) is 4.07. The zero-order valence-corrected chi connectivity index (χ0v) is 11.0. The highest BCUT2D eigenvalue weighted by molar-refractivity contribution is 6.05. The molecule has 2 aromatic rings. The van der Waals surface area contributed by atoms with Gasteiger partial charge in [-0.3, -0.25) is 4.79 Å². The Bertz CT molecular complexity index is 647. The molecule has 0 atom stereocenters. The molecular formula is C14H13NO5. The van der Waals surface area contributed by atoms with E-state index in [0.29, 0.717) is 11.4 Å². The van der Waals surface area contributed by atoms with Gasteiger partial charge >= 0.3 is 5.97 Å². The number of carbonyl (C=O) groups is 2. The fourth-order valence-electron chi connectivity index (χ4n) is 1.66. The van der Waals surface area contributed by atoms with Gasteiger partial charge in [-0.1, -0.05) is 6.07 Å². The molecule has 1 N–H and O–H groups in total. The molecule has 1 heterocycles. The lowest BCUT2D eigenvalue weighted by molar-refractivity contribution is 0.0696. The Labute approximate surface area is 115 Å². The number of nitrogens with zero attached hydrogens (tertiary/aromatic N) is 1. The Morgan fingerprint density at radius 3 is 2.65 bits per heavy atom. The Morgan fingerprint density at radius 2 is 2.05 bits per heavy atom. The summed E-state index contributed by atoms with van der Waals surface area (Å²) >= 11 is 0. The summed E-state index contributed by atoms with van der Waals surface area (Å²) in [5, 5.41) is 8.80. The van der Waals surface area contributed by atoms with Crippen LogP contribution in [0.2, 0.25) is 0 Å². The number of carboxylic acid groups (broad SMARTS) is 1. The predicted octanol–water partition coefficient (Wildman–Crippen LogP) is 2.26. The largest absolute Gasteiger partial charge is 0.497 e. The Balaban J connectivity index is 2.24. The zero-order chi connectivity index (χ0) is 14.7. The van der Waals surface area contributed by atoms with Gasteiger partial charge in [-0.15, -0.1) is 0 Å². The van der Waals surface area contributed by atoms with Gasteiger partial charge in [0.05, 0.1) is 12.7 Å². The first-order valence-electron chi connectivity index (χ1n) is 5.77. The van der Waals surface area contributed by atoms with Crippen molar-refractivity contribution >= 4 is 17.6 Å². The summed E-state index contributed by atoms with van der Waals surface area (Å²) in [6, 6.07) is 8.14. The molecule has 0 fully saturated rings. The molecule has 0 radical (unpaired) electrons. The van der Waals surface area contributed by atoms with E-state index in [9.17, 15) is 9.59 Å². The number of hydrogen-bond acceptors (Lipinski definition) is 4. The summed E-state index contributed by atoms with van der Waals surface area (Å²) in [5.41, 5.74) is 0.551. The summed E-state index contributed by atoms with van der Waals surface area (Å²) < 4.78 is 10.1. The molecule has 0 aliphatic carbocycles. The third-order valence-electron chi connectivity index (χ3n) is 2.80. The van der Waals surface area contributed by atoms with Crippen LogP contribution >= 0.6 is 0 Å². The molecular weight excluding hydrogens is 262 g/mol. The second kappa shape index (κ2) is 5.48. The number of carbonyl (C=O) groups excluding carboxylic acids is 1. The lowest BCUT2D eigenvalue weighted by Crippen LogP contribution is -2.25. The summed E-state index contributed by atoms with van der Waals surface area (Å²) in [5.74, 6) is -0.997. The van der Waals surface area contributed by atoms with Gasteiger partial charge < -0.3 is 19.2 Å². The predicted molar refractivity (Wildman–Crippen MR) is 71.4 cm³/mol. The molecule has 0 saturated heterocycles. The van der Waals surface area contributed by atoms with Crippen LogP contribution in [0.3, 0.4) is 0 Å². The van der Waals surface area contributed by atoms with Crippen molar-refractivity contribution in [3.8, 4) is 5.75 Å². The minimum atomic E-state index is -1.14. The highest BCUT2D eigenvalue weighted by Crippen LogP contribution is 2.22. The minimum Gasteiger partial charge on any atom is -0.497 e. The molecule has 0 aliphatic heterocycles. The van der Waals surface area contributed by atoms with Crippen LogP contribution < -0.4 is 9.64 Å². The number of carboxylic acids is 1. The number of hydrogen-bond donors (Lipinski definition) is 1. The maximum atomic E-state index is 12.2. The Morgan fingerprint density at radius 1 is 1.30 bits per heavy atom. The molecule has 104 valence electrons. The molecule has 20 heavy (non-hydrogen) atoms. The molecule has 0 spiro atoms. The van der Waals surface area contributed by atoms with E-state index in [2.05, 4.69) is 0 Å². The van der Waals surface area contributed by atoms with Crippen LogP contribution in [0.4, 0.5) is 5.69 Å². The van der Waals surface area contributed by atoms with Gasteiger partial charge in [0.25, 0.3) is 5.91 Å². The van der Waals surface area contributed by atoms with Gasteiger partial charge in [-0.2, -0.15) is 0 Å². The Hall–Kier alpha value is -2.76. The van der Waals surface area contributed by atoms with Gasteiger partial charge in [-0.05, 0) is 12.1 Å². The highest BCUT2D eigenvalue weighted by atomic mass is 16.5. The molecule has 2 rings (SSSR count). The minimum absolute atomic E-state index is 0.0345. The van der Waals surface area contributed by atoms with Gasteiger partial charge in [-0.25, -0.2) is 4.79 Å². The van der Waals surface area contributed by atoms with E-state index in [-0.39, 0.29) is 11.3 Å². The smallest absolute Gasteiger partial charge is 0.338 e. The number of furan rings is 1. The van der Waals surface area contributed by atoms with E-state index in [4.69, 9.17) is 14.3 Å². The first-order valence-corrected chi connectivity index (χ1v) is 5.77. The van der Waals surface area contributed by atoms with E-state index < -0.39 is 11.9 Å². The first kappa shape index (κ1) is 13.7. The fourth-order valence-corrected chi connectivity index (χ4v) is 1.66. The standard InChI is InChI=1S/C14H13NO5/c1-15(10-4-3-5-11(7-10)19-2)13(16)12-6-9(8-20-12)14(17)18/h3-8H,1-2H3,(H,17,18). The fraction of sp³-hybridized carbons (Fsp3) is 0.143. The second-order valence-electron chi connectivity index (χ2n) is 4.07. The molecule has 0 saturated carbocycles. The van der Waals surface area contributed by atoms with E-state index >= 15 is 0 Å². The molecule has 1 aromatic heterocycles. The lowest BCUT2D eigenvalue weighted by Gasteiger charge is -2.16.